The molecular formula is C14H31N2P. The first-order valence-corrected chi connectivity index (χ1v) is 7.76. The highest BCUT2D eigenvalue weighted by atomic mass is 31.0. The summed E-state index contributed by atoms with van der Waals surface area (Å²) in [6.45, 7) is 13.9. The Morgan fingerprint density at radius 3 is 2.47 bits per heavy atom. The maximum absolute atomic E-state index is 3.68. The zero-order valence-corrected chi connectivity index (χ0v) is 13.4. The van der Waals surface area contributed by atoms with E-state index in [1.165, 1.54) is 25.8 Å². The highest BCUT2D eigenvalue weighted by Gasteiger charge is 2.34. The highest BCUT2D eigenvalue weighted by Crippen LogP contribution is 2.27. The van der Waals surface area contributed by atoms with Gasteiger partial charge < -0.3 is 0 Å². The number of hydrogen-bond donors (Lipinski definition) is 1. The number of nitrogens with one attached hydrogen (secondary N) is 1. The minimum atomic E-state index is 0.369. The summed E-state index contributed by atoms with van der Waals surface area (Å²) in [5, 5.41) is 3.68. The summed E-state index contributed by atoms with van der Waals surface area (Å²) < 4.78 is 0. The van der Waals surface area contributed by atoms with Crippen LogP contribution in [0.3, 0.4) is 0 Å². The predicted octanol–water partition coefficient (Wildman–Crippen LogP) is 3.09. The molecule has 0 spiro atoms. The van der Waals surface area contributed by atoms with E-state index in [2.05, 4.69) is 54.1 Å². The Labute approximate surface area is 110 Å². The Balaban J connectivity index is 2.54. The van der Waals surface area contributed by atoms with Gasteiger partial charge in [-0.2, -0.15) is 0 Å². The standard InChI is InChI=1S/C14H31N2P/c1-6-7-8-12(11(2)17)16-9-13(15-10-16)14(3,4)5/h11-13,15H,6-10,17H2,1-5H3. The fourth-order valence-corrected chi connectivity index (χ4v) is 3.05. The van der Waals surface area contributed by atoms with Gasteiger partial charge in [0.15, 0.2) is 0 Å². The first-order chi connectivity index (χ1) is 7.86. The zero-order valence-electron chi connectivity index (χ0n) is 12.3. The van der Waals surface area contributed by atoms with Crippen molar-refractivity contribution in [1.82, 2.24) is 10.2 Å². The number of nitrogens with zero attached hydrogens (tertiary/aromatic N) is 1. The lowest BCUT2D eigenvalue weighted by Gasteiger charge is -2.32. The molecule has 0 amide bonds. The molecule has 0 aromatic rings. The molecule has 4 unspecified atom stereocenters. The average molecular weight is 258 g/mol. The van der Waals surface area contributed by atoms with Crippen LogP contribution in [0.25, 0.3) is 0 Å². The van der Waals surface area contributed by atoms with Crippen LogP contribution in [0.1, 0.15) is 53.9 Å². The van der Waals surface area contributed by atoms with Gasteiger partial charge in [0, 0.05) is 25.3 Å². The maximum Gasteiger partial charge on any atom is 0.0486 e. The van der Waals surface area contributed by atoms with Crippen LogP contribution in [-0.4, -0.2) is 35.9 Å². The van der Waals surface area contributed by atoms with Crippen LogP contribution in [0.15, 0.2) is 0 Å². The largest absolute Gasteiger partial charge is 0.300 e. The van der Waals surface area contributed by atoms with Gasteiger partial charge in [0.25, 0.3) is 0 Å². The van der Waals surface area contributed by atoms with Gasteiger partial charge in [0.2, 0.25) is 0 Å². The summed E-state index contributed by atoms with van der Waals surface area (Å²) in [6.07, 6.45) is 3.98. The molecule has 3 heteroatoms. The smallest absolute Gasteiger partial charge is 0.0486 e. The van der Waals surface area contributed by atoms with Crippen molar-refractivity contribution in [2.24, 2.45) is 5.41 Å². The molecule has 0 aromatic heterocycles. The van der Waals surface area contributed by atoms with Crippen molar-refractivity contribution >= 4 is 9.24 Å². The van der Waals surface area contributed by atoms with Gasteiger partial charge in [0.1, 0.15) is 0 Å². The summed E-state index contributed by atoms with van der Waals surface area (Å²) in [5.41, 5.74) is 1.05. The normalized spacial score (nSPS) is 26.1. The van der Waals surface area contributed by atoms with Crippen LogP contribution in [-0.2, 0) is 0 Å². The Morgan fingerprint density at radius 1 is 1.41 bits per heavy atom. The van der Waals surface area contributed by atoms with E-state index in [9.17, 15) is 0 Å². The monoisotopic (exact) mass is 258 g/mol. The highest BCUT2D eigenvalue weighted by molar-refractivity contribution is 7.17. The van der Waals surface area contributed by atoms with Crippen molar-refractivity contribution in [2.45, 2.75) is 71.6 Å². The van der Waals surface area contributed by atoms with E-state index in [0.717, 1.165) is 12.7 Å². The van der Waals surface area contributed by atoms with Crippen molar-refractivity contribution < 1.29 is 0 Å². The molecule has 102 valence electrons. The van der Waals surface area contributed by atoms with Gasteiger partial charge in [-0.3, -0.25) is 10.2 Å². The molecule has 1 N–H and O–H groups in total. The van der Waals surface area contributed by atoms with E-state index in [1.807, 2.05) is 0 Å². The summed E-state index contributed by atoms with van der Waals surface area (Å²) in [5.74, 6) is 0. The molecule has 0 bridgehead atoms. The molecular weight excluding hydrogens is 227 g/mol. The molecule has 0 aromatic carbocycles. The van der Waals surface area contributed by atoms with E-state index in [4.69, 9.17) is 0 Å². The van der Waals surface area contributed by atoms with E-state index in [-0.39, 0.29) is 0 Å². The maximum atomic E-state index is 3.68. The fourth-order valence-electron chi connectivity index (χ4n) is 2.62. The predicted molar refractivity (Wildman–Crippen MR) is 80.4 cm³/mol. The van der Waals surface area contributed by atoms with Gasteiger partial charge >= 0.3 is 0 Å². The Kier molecular flexibility index (Phi) is 5.89. The SMILES string of the molecule is CCCCC(C(C)P)N1CNC(C(C)(C)C)C1. The van der Waals surface area contributed by atoms with Crippen LogP contribution in [0.2, 0.25) is 0 Å². The minimum absolute atomic E-state index is 0.369. The number of rotatable bonds is 5. The summed E-state index contributed by atoms with van der Waals surface area (Å²) in [7, 11) is 3.00. The van der Waals surface area contributed by atoms with Crippen molar-refractivity contribution in [3.8, 4) is 0 Å². The Morgan fingerprint density at radius 2 is 2.06 bits per heavy atom. The van der Waals surface area contributed by atoms with Crippen LogP contribution in [0.4, 0.5) is 0 Å². The first-order valence-electron chi connectivity index (χ1n) is 7.09. The van der Waals surface area contributed by atoms with Gasteiger partial charge in [0.05, 0.1) is 0 Å². The first kappa shape index (κ1) is 15.4. The fraction of sp³-hybridized carbons (Fsp3) is 1.00. The molecule has 1 aliphatic heterocycles. The van der Waals surface area contributed by atoms with Crippen LogP contribution < -0.4 is 5.32 Å². The molecule has 0 radical (unpaired) electrons. The second-order valence-electron chi connectivity index (χ2n) is 6.62. The molecule has 1 saturated heterocycles. The number of hydrogen-bond acceptors (Lipinski definition) is 2. The van der Waals surface area contributed by atoms with Crippen LogP contribution in [0, 0.1) is 5.41 Å². The third-order valence-corrected chi connectivity index (χ3v) is 4.38. The van der Waals surface area contributed by atoms with Crippen molar-refractivity contribution in [3.63, 3.8) is 0 Å². The second-order valence-corrected chi connectivity index (χ2v) is 7.67. The van der Waals surface area contributed by atoms with Crippen molar-refractivity contribution in [3.05, 3.63) is 0 Å². The Bertz CT molecular complexity index is 223. The van der Waals surface area contributed by atoms with Gasteiger partial charge in [-0.15, -0.1) is 9.24 Å². The molecule has 2 nitrogen and oxygen atoms in total. The van der Waals surface area contributed by atoms with Gasteiger partial charge in [-0.05, 0) is 17.5 Å². The quantitative estimate of drug-likeness (QED) is 0.762. The summed E-state index contributed by atoms with van der Waals surface area (Å²) >= 11 is 0. The number of unbranched alkanes of at least 4 members (excludes halogenated alkanes) is 1. The minimum Gasteiger partial charge on any atom is -0.300 e. The lowest BCUT2D eigenvalue weighted by molar-refractivity contribution is 0.208. The molecule has 1 heterocycles. The van der Waals surface area contributed by atoms with Crippen LogP contribution >= 0.6 is 9.24 Å². The molecule has 1 rings (SSSR count). The van der Waals surface area contributed by atoms with Gasteiger partial charge in [-0.1, -0.05) is 47.5 Å². The lowest BCUT2D eigenvalue weighted by atomic mass is 9.87. The molecule has 1 fully saturated rings. The average Bonchev–Trinajstić information content (AvgIpc) is 2.66. The van der Waals surface area contributed by atoms with Crippen LogP contribution in [0.5, 0.6) is 0 Å². The molecule has 17 heavy (non-hydrogen) atoms. The van der Waals surface area contributed by atoms with E-state index in [1.54, 1.807) is 0 Å². The molecule has 4 atom stereocenters. The summed E-state index contributed by atoms with van der Waals surface area (Å²) in [6, 6.07) is 1.36. The second kappa shape index (κ2) is 6.50. The summed E-state index contributed by atoms with van der Waals surface area (Å²) in [4.78, 5) is 2.64. The molecule has 0 saturated carbocycles. The third-order valence-electron chi connectivity index (χ3n) is 3.93. The zero-order chi connectivity index (χ0) is 13.1. The van der Waals surface area contributed by atoms with E-state index in [0.29, 0.717) is 17.1 Å². The molecule has 0 aliphatic carbocycles. The topological polar surface area (TPSA) is 15.3 Å². The van der Waals surface area contributed by atoms with E-state index >= 15 is 0 Å². The third kappa shape index (κ3) is 4.50. The van der Waals surface area contributed by atoms with Gasteiger partial charge in [-0.25, -0.2) is 0 Å². The van der Waals surface area contributed by atoms with Crippen molar-refractivity contribution in [1.29, 1.82) is 0 Å². The lowest BCUT2D eigenvalue weighted by Crippen LogP contribution is -2.40. The van der Waals surface area contributed by atoms with Crippen molar-refractivity contribution in [2.75, 3.05) is 13.2 Å². The molecule has 1 aliphatic rings. The Hall–Kier alpha value is 0.350. The van der Waals surface area contributed by atoms with E-state index < -0.39 is 0 Å².